The van der Waals surface area contributed by atoms with Crippen molar-refractivity contribution in [1.29, 1.82) is 10.5 Å². The number of rotatable bonds is 5. The average Bonchev–Trinajstić information content (AvgIpc) is 3.19. The smallest absolute Gasteiger partial charge is 0.154 e. The van der Waals surface area contributed by atoms with Crippen molar-refractivity contribution in [3.05, 3.63) is 40.1 Å². The van der Waals surface area contributed by atoms with Crippen LogP contribution in [0.5, 0.6) is 0 Å². The fraction of sp³-hybridized carbons (Fsp3) is 0.389. The number of hydrogen-bond donors (Lipinski definition) is 1. The summed E-state index contributed by atoms with van der Waals surface area (Å²) in [5, 5.41) is 26.3. The standard InChI is InChI=1S/C18H18ClN7/c1-4-22-17-15-11(8-20)5-6-13(15)23-14(24-17)7-12-9-26(25-16(12)19)18(2,3)10-21/h5,9H,4,6-7H2,1-3H3,(H,22,23,24). The van der Waals surface area contributed by atoms with Gasteiger partial charge in [-0.05, 0) is 20.8 Å². The topological polar surface area (TPSA) is 103 Å². The Morgan fingerprint density at radius 1 is 1.35 bits per heavy atom. The molecular formula is C18H18ClN7. The molecule has 0 amide bonds. The van der Waals surface area contributed by atoms with Crippen LogP contribution in [0.2, 0.25) is 5.15 Å². The minimum atomic E-state index is -0.790. The molecule has 0 saturated heterocycles. The normalized spacial score (nSPS) is 12.9. The summed E-state index contributed by atoms with van der Waals surface area (Å²) >= 11 is 6.26. The van der Waals surface area contributed by atoms with Crippen LogP contribution in [0, 0.1) is 22.7 Å². The second-order valence-electron chi connectivity index (χ2n) is 6.51. The van der Waals surface area contributed by atoms with Crippen molar-refractivity contribution in [2.75, 3.05) is 11.9 Å². The fourth-order valence-electron chi connectivity index (χ4n) is 2.78. The zero-order valence-electron chi connectivity index (χ0n) is 14.8. The van der Waals surface area contributed by atoms with Crippen molar-refractivity contribution in [1.82, 2.24) is 19.7 Å². The number of anilines is 1. The first kappa shape index (κ1) is 17.9. The Kier molecular flexibility index (Phi) is 4.67. The number of aromatic nitrogens is 4. The molecule has 1 aliphatic carbocycles. The summed E-state index contributed by atoms with van der Waals surface area (Å²) in [5.74, 6) is 1.27. The highest BCUT2D eigenvalue weighted by Gasteiger charge is 2.25. The number of allylic oxidation sites excluding steroid dienone is 2. The van der Waals surface area contributed by atoms with Crippen molar-refractivity contribution in [3.8, 4) is 12.1 Å². The second-order valence-corrected chi connectivity index (χ2v) is 6.87. The van der Waals surface area contributed by atoms with E-state index >= 15 is 0 Å². The second kappa shape index (κ2) is 6.78. The number of nitrogens with one attached hydrogen (secondary N) is 1. The van der Waals surface area contributed by atoms with Crippen molar-refractivity contribution < 1.29 is 0 Å². The molecule has 7 nitrogen and oxygen atoms in total. The first-order valence-corrected chi connectivity index (χ1v) is 8.67. The van der Waals surface area contributed by atoms with Gasteiger partial charge in [-0.3, -0.25) is 4.68 Å². The Balaban J connectivity index is 1.97. The summed E-state index contributed by atoms with van der Waals surface area (Å²) in [6.45, 7) is 6.20. The molecule has 1 aliphatic rings. The first-order chi connectivity index (χ1) is 12.4. The number of nitrogens with zero attached hydrogens (tertiary/aromatic N) is 6. The molecule has 0 aliphatic heterocycles. The predicted octanol–water partition coefficient (Wildman–Crippen LogP) is 3.07. The molecule has 8 heteroatoms. The molecule has 2 heterocycles. The molecule has 26 heavy (non-hydrogen) atoms. The maximum Gasteiger partial charge on any atom is 0.154 e. The largest absolute Gasteiger partial charge is 0.370 e. The number of nitriles is 2. The lowest BCUT2D eigenvalue weighted by Gasteiger charge is -2.15. The Bertz CT molecular complexity index is 973. The third kappa shape index (κ3) is 3.14. The third-order valence-electron chi connectivity index (χ3n) is 4.20. The molecule has 132 valence electrons. The van der Waals surface area contributed by atoms with Crippen LogP contribution in [0.1, 0.15) is 43.4 Å². The third-order valence-corrected chi connectivity index (χ3v) is 4.52. The van der Waals surface area contributed by atoms with Crippen molar-refractivity contribution >= 4 is 23.0 Å². The number of hydrogen-bond acceptors (Lipinski definition) is 6. The zero-order valence-corrected chi connectivity index (χ0v) is 15.6. The van der Waals surface area contributed by atoms with Gasteiger partial charge in [-0.25, -0.2) is 9.97 Å². The van der Waals surface area contributed by atoms with Crippen LogP contribution in [0.25, 0.3) is 5.57 Å². The van der Waals surface area contributed by atoms with Gasteiger partial charge in [-0.15, -0.1) is 0 Å². The van der Waals surface area contributed by atoms with Gasteiger partial charge < -0.3 is 5.32 Å². The van der Waals surface area contributed by atoms with Gasteiger partial charge in [0.05, 0.1) is 29.0 Å². The lowest BCUT2D eigenvalue weighted by molar-refractivity contribution is 0.418. The monoisotopic (exact) mass is 367 g/mol. The highest BCUT2D eigenvalue weighted by Crippen LogP contribution is 2.32. The van der Waals surface area contributed by atoms with Crippen LogP contribution in [-0.2, 0) is 18.4 Å². The quantitative estimate of drug-likeness (QED) is 0.870. The first-order valence-electron chi connectivity index (χ1n) is 8.29. The molecule has 2 aromatic heterocycles. The van der Waals surface area contributed by atoms with Crippen molar-refractivity contribution in [3.63, 3.8) is 0 Å². The molecule has 3 rings (SSSR count). The predicted molar refractivity (Wildman–Crippen MR) is 98.5 cm³/mol. The summed E-state index contributed by atoms with van der Waals surface area (Å²) < 4.78 is 1.55. The molecule has 0 radical (unpaired) electrons. The Morgan fingerprint density at radius 2 is 2.12 bits per heavy atom. The molecule has 0 aromatic carbocycles. The van der Waals surface area contributed by atoms with Gasteiger partial charge in [-0.1, -0.05) is 17.7 Å². The van der Waals surface area contributed by atoms with E-state index in [0.717, 1.165) is 16.8 Å². The van der Waals surface area contributed by atoms with E-state index in [1.54, 1.807) is 24.7 Å². The van der Waals surface area contributed by atoms with Gasteiger partial charge in [-0.2, -0.15) is 15.6 Å². The van der Waals surface area contributed by atoms with Crippen LogP contribution >= 0.6 is 11.6 Å². The summed E-state index contributed by atoms with van der Waals surface area (Å²) in [6, 6.07) is 4.40. The molecule has 0 bridgehead atoms. The zero-order chi connectivity index (χ0) is 18.9. The minimum absolute atomic E-state index is 0.332. The van der Waals surface area contributed by atoms with Crippen LogP contribution < -0.4 is 5.32 Å². The molecule has 0 atom stereocenters. The molecular weight excluding hydrogens is 350 g/mol. The highest BCUT2D eigenvalue weighted by atomic mass is 35.5. The molecule has 0 fully saturated rings. The molecule has 0 spiro atoms. The number of fused-ring (bicyclic) bond motifs is 1. The maximum atomic E-state index is 9.29. The molecule has 0 unspecified atom stereocenters. The molecule has 2 aromatic rings. The summed E-state index contributed by atoms with van der Waals surface area (Å²) in [6.07, 6.45) is 4.63. The van der Waals surface area contributed by atoms with E-state index < -0.39 is 5.54 Å². The van der Waals surface area contributed by atoms with E-state index in [1.165, 1.54) is 0 Å². The lowest BCUT2D eigenvalue weighted by Crippen LogP contribution is -2.24. The van der Waals surface area contributed by atoms with Crippen LogP contribution in [0.15, 0.2) is 12.3 Å². The van der Waals surface area contributed by atoms with Gasteiger partial charge in [0.15, 0.2) is 5.15 Å². The molecule has 1 N–H and O–H groups in total. The highest BCUT2D eigenvalue weighted by molar-refractivity contribution is 6.30. The average molecular weight is 368 g/mol. The van der Waals surface area contributed by atoms with E-state index in [1.807, 2.05) is 13.0 Å². The maximum absolute atomic E-state index is 9.29. The Morgan fingerprint density at radius 3 is 2.77 bits per heavy atom. The summed E-state index contributed by atoms with van der Waals surface area (Å²) in [5.41, 5.74) is 2.18. The van der Waals surface area contributed by atoms with Crippen LogP contribution in [-0.4, -0.2) is 26.3 Å². The fourth-order valence-corrected chi connectivity index (χ4v) is 2.98. The van der Waals surface area contributed by atoms with Gasteiger partial charge in [0.2, 0.25) is 0 Å². The number of halogens is 1. The van der Waals surface area contributed by atoms with Gasteiger partial charge in [0.25, 0.3) is 0 Å². The summed E-state index contributed by atoms with van der Waals surface area (Å²) in [4.78, 5) is 9.19. The Labute approximate surface area is 156 Å². The van der Waals surface area contributed by atoms with E-state index in [0.29, 0.717) is 41.8 Å². The SMILES string of the molecule is CCNc1nc(Cc2cn(C(C)(C)C#N)nc2Cl)nc2c1C(C#N)=CC2. The Hall–Kier alpha value is -2.90. The minimum Gasteiger partial charge on any atom is -0.370 e. The van der Waals surface area contributed by atoms with Crippen LogP contribution in [0.4, 0.5) is 5.82 Å². The lowest BCUT2D eigenvalue weighted by atomic mass is 10.1. The van der Waals surface area contributed by atoms with Gasteiger partial charge >= 0.3 is 0 Å². The van der Waals surface area contributed by atoms with E-state index in [2.05, 4.69) is 32.5 Å². The van der Waals surface area contributed by atoms with Crippen molar-refractivity contribution in [2.24, 2.45) is 0 Å². The van der Waals surface area contributed by atoms with Gasteiger partial charge in [0.1, 0.15) is 17.2 Å². The summed E-state index contributed by atoms with van der Waals surface area (Å²) in [7, 11) is 0. The molecule has 0 saturated carbocycles. The van der Waals surface area contributed by atoms with Crippen molar-refractivity contribution in [2.45, 2.75) is 39.2 Å². The van der Waals surface area contributed by atoms with Crippen LogP contribution in [0.3, 0.4) is 0 Å². The van der Waals surface area contributed by atoms with E-state index in [9.17, 15) is 10.5 Å². The van der Waals surface area contributed by atoms with Gasteiger partial charge in [0, 0.05) is 31.1 Å². The van der Waals surface area contributed by atoms with E-state index in [-0.39, 0.29) is 0 Å². The van der Waals surface area contributed by atoms with E-state index in [4.69, 9.17) is 11.6 Å².